The first-order chi connectivity index (χ1) is 12.5. The molecule has 1 saturated heterocycles. The van der Waals surface area contributed by atoms with Gasteiger partial charge in [-0.15, -0.1) is 0 Å². The molecule has 1 atom stereocenters. The van der Waals surface area contributed by atoms with E-state index in [9.17, 15) is 9.59 Å². The lowest BCUT2D eigenvalue weighted by molar-refractivity contribution is -0.127. The summed E-state index contributed by atoms with van der Waals surface area (Å²) in [4.78, 5) is 26.3. The van der Waals surface area contributed by atoms with Gasteiger partial charge in [0, 0.05) is 25.7 Å². The summed E-state index contributed by atoms with van der Waals surface area (Å²) in [7, 11) is 0. The van der Waals surface area contributed by atoms with Crippen LogP contribution in [0.25, 0.3) is 0 Å². The van der Waals surface area contributed by atoms with Crippen LogP contribution < -0.4 is 16.4 Å². The van der Waals surface area contributed by atoms with Crippen LogP contribution in [0.5, 0.6) is 0 Å². The third-order valence-electron chi connectivity index (χ3n) is 4.96. The van der Waals surface area contributed by atoms with Crippen LogP contribution in [0.15, 0.2) is 30.3 Å². The minimum atomic E-state index is -0.573. The van der Waals surface area contributed by atoms with Crippen molar-refractivity contribution in [2.45, 2.75) is 45.2 Å². The summed E-state index contributed by atoms with van der Waals surface area (Å²) >= 11 is 0. The quantitative estimate of drug-likeness (QED) is 0.643. The van der Waals surface area contributed by atoms with E-state index in [0.717, 1.165) is 38.9 Å². The lowest BCUT2D eigenvalue weighted by atomic mass is 10.0. The Kier molecular flexibility index (Phi) is 8.06. The molecule has 144 valence electrons. The van der Waals surface area contributed by atoms with Gasteiger partial charge in [-0.3, -0.25) is 9.59 Å². The zero-order chi connectivity index (χ0) is 18.9. The van der Waals surface area contributed by atoms with Crippen molar-refractivity contribution in [1.29, 1.82) is 0 Å². The van der Waals surface area contributed by atoms with Crippen LogP contribution >= 0.6 is 0 Å². The van der Waals surface area contributed by atoms with Gasteiger partial charge in [-0.25, -0.2) is 0 Å². The highest BCUT2D eigenvalue weighted by atomic mass is 16.2. The average molecular weight is 361 g/mol. The maximum Gasteiger partial charge on any atom is 0.239 e. The number of amides is 2. The van der Waals surface area contributed by atoms with E-state index >= 15 is 0 Å². The molecular weight excluding hydrogens is 328 g/mol. The largest absolute Gasteiger partial charge is 0.352 e. The Labute approximate surface area is 156 Å². The van der Waals surface area contributed by atoms with Gasteiger partial charge in [-0.2, -0.15) is 0 Å². The molecule has 1 aromatic rings. The Hall–Kier alpha value is -1.92. The second-order valence-electron chi connectivity index (χ2n) is 7.41. The van der Waals surface area contributed by atoms with Gasteiger partial charge in [-0.05, 0) is 30.7 Å². The van der Waals surface area contributed by atoms with Crippen LogP contribution in [0.2, 0.25) is 0 Å². The maximum atomic E-state index is 12.0. The van der Waals surface area contributed by atoms with Crippen molar-refractivity contribution in [1.82, 2.24) is 15.5 Å². The molecule has 0 saturated carbocycles. The van der Waals surface area contributed by atoms with Crippen molar-refractivity contribution in [3.8, 4) is 0 Å². The zero-order valence-corrected chi connectivity index (χ0v) is 15.9. The van der Waals surface area contributed by atoms with E-state index in [0.29, 0.717) is 0 Å². The number of benzene rings is 1. The molecule has 2 amide bonds. The van der Waals surface area contributed by atoms with Crippen LogP contribution in [0.4, 0.5) is 0 Å². The van der Waals surface area contributed by atoms with Gasteiger partial charge in [0.15, 0.2) is 0 Å². The lowest BCUT2D eigenvalue weighted by Crippen LogP contribution is -2.50. The standard InChI is InChI=1S/C20H32N4O2/c1-15(2)19(21)20(26)22-14-18(25)23-17-9-12-24(13-10-17)11-8-16-6-4-3-5-7-16/h3-7,15,17,19H,8-14,21H2,1-2H3,(H,22,26)(H,23,25)/t19-/m0/s1. The molecule has 4 N–H and O–H groups in total. The number of hydrogen-bond acceptors (Lipinski definition) is 4. The van der Waals surface area contributed by atoms with Crippen molar-refractivity contribution in [2.75, 3.05) is 26.2 Å². The topological polar surface area (TPSA) is 87.5 Å². The van der Waals surface area contributed by atoms with Crippen molar-refractivity contribution < 1.29 is 9.59 Å². The first-order valence-electron chi connectivity index (χ1n) is 9.54. The van der Waals surface area contributed by atoms with E-state index in [-0.39, 0.29) is 30.3 Å². The number of likely N-dealkylation sites (tertiary alicyclic amines) is 1. The summed E-state index contributed by atoms with van der Waals surface area (Å²) in [6, 6.07) is 10.1. The number of nitrogens with two attached hydrogens (primary N) is 1. The summed E-state index contributed by atoms with van der Waals surface area (Å²) in [6.07, 6.45) is 2.94. The summed E-state index contributed by atoms with van der Waals surface area (Å²) in [5, 5.41) is 5.63. The molecule has 1 aliphatic rings. The molecule has 1 aromatic carbocycles. The highest BCUT2D eigenvalue weighted by molar-refractivity contribution is 5.87. The van der Waals surface area contributed by atoms with E-state index in [2.05, 4.69) is 39.8 Å². The molecule has 0 radical (unpaired) electrons. The van der Waals surface area contributed by atoms with Crippen molar-refractivity contribution >= 4 is 11.8 Å². The van der Waals surface area contributed by atoms with Gasteiger partial charge in [0.25, 0.3) is 0 Å². The summed E-state index contributed by atoms with van der Waals surface area (Å²) in [5.74, 6) is -0.360. The third kappa shape index (κ3) is 6.77. The van der Waals surface area contributed by atoms with E-state index in [1.165, 1.54) is 5.56 Å². The number of nitrogens with zero attached hydrogens (tertiary/aromatic N) is 1. The van der Waals surface area contributed by atoms with Crippen LogP contribution in [0, 0.1) is 5.92 Å². The lowest BCUT2D eigenvalue weighted by Gasteiger charge is -2.32. The van der Waals surface area contributed by atoms with E-state index in [4.69, 9.17) is 5.73 Å². The number of piperidine rings is 1. The van der Waals surface area contributed by atoms with Crippen LogP contribution in [0.1, 0.15) is 32.3 Å². The minimum Gasteiger partial charge on any atom is -0.352 e. The first-order valence-corrected chi connectivity index (χ1v) is 9.54. The fourth-order valence-electron chi connectivity index (χ4n) is 3.10. The summed E-state index contributed by atoms with van der Waals surface area (Å²) in [5.41, 5.74) is 7.13. The Morgan fingerprint density at radius 2 is 1.85 bits per heavy atom. The molecule has 1 aliphatic heterocycles. The van der Waals surface area contributed by atoms with Crippen LogP contribution in [-0.2, 0) is 16.0 Å². The van der Waals surface area contributed by atoms with Gasteiger partial charge < -0.3 is 21.3 Å². The Morgan fingerprint density at radius 3 is 2.46 bits per heavy atom. The molecule has 0 spiro atoms. The normalized spacial score (nSPS) is 17.1. The van der Waals surface area contributed by atoms with Gasteiger partial charge in [0.1, 0.15) is 0 Å². The first kappa shape index (κ1) is 20.4. The smallest absolute Gasteiger partial charge is 0.239 e. The van der Waals surface area contributed by atoms with E-state index < -0.39 is 6.04 Å². The minimum absolute atomic E-state index is 0.00647. The zero-order valence-electron chi connectivity index (χ0n) is 15.9. The fraction of sp³-hybridized carbons (Fsp3) is 0.600. The Morgan fingerprint density at radius 1 is 1.19 bits per heavy atom. The third-order valence-corrected chi connectivity index (χ3v) is 4.96. The second-order valence-corrected chi connectivity index (χ2v) is 7.41. The SMILES string of the molecule is CC(C)[C@H](N)C(=O)NCC(=O)NC1CCN(CCc2ccccc2)CC1. The second kappa shape index (κ2) is 10.3. The molecule has 2 rings (SSSR count). The predicted octanol–water partition coefficient (Wildman–Crippen LogP) is 0.909. The predicted molar refractivity (Wildman–Crippen MR) is 104 cm³/mol. The molecule has 0 bridgehead atoms. The highest BCUT2D eigenvalue weighted by Crippen LogP contribution is 2.11. The monoisotopic (exact) mass is 360 g/mol. The summed E-state index contributed by atoms with van der Waals surface area (Å²) in [6.45, 7) is 6.79. The molecule has 0 aromatic heterocycles. The van der Waals surface area contributed by atoms with E-state index in [1.54, 1.807) is 0 Å². The number of nitrogens with one attached hydrogen (secondary N) is 2. The van der Waals surface area contributed by atoms with Gasteiger partial charge in [-0.1, -0.05) is 44.2 Å². The highest BCUT2D eigenvalue weighted by Gasteiger charge is 2.21. The van der Waals surface area contributed by atoms with Crippen molar-refractivity contribution in [3.63, 3.8) is 0 Å². The molecule has 26 heavy (non-hydrogen) atoms. The van der Waals surface area contributed by atoms with Gasteiger partial charge in [0.05, 0.1) is 12.6 Å². The Balaban J connectivity index is 1.62. The average Bonchev–Trinajstić information content (AvgIpc) is 2.65. The molecule has 6 nitrogen and oxygen atoms in total. The molecular formula is C20H32N4O2. The van der Waals surface area contributed by atoms with Gasteiger partial charge in [0.2, 0.25) is 11.8 Å². The molecule has 0 aliphatic carbocycles. The number of carbonyl (C=O) groups excluding carboxylic acids is 2. The number of carbonyl (C=O) groups is 2. The molecule has 1 heterocycles. The fourth-order valence-corrected chi connectivity index (χ4v) is 3.10. The number of hydrogen-bond donors (Lipinski definition) is 3. The summed E-state index contributed by atoms with van der Waals surface area (Å²) < 4.78 is 0. The maximum absolute atomic E-state index is 12.0. The van der Waals surface area contributed by atoms with Gasteiger partial charge >= 0.3 is 0 Å². The van der Waals surface area contributed by atoms with Crippen LogP contribution in [0.3, 0.4) is 0 Å². The number of rotatable bonds is 8. The Bertz CT molecular complexity index is 568. The van der Waals surface area contributed by atoms with Crippen LogP contribution in [-0.4, -0.2) is 55.0 Å². The van der Waals surface area contributed by atoms with E-state index in [1.807, 2.05) is 19.9 Å². The van der Waals surface area contributed by atoms with Crippen molar-refractivity contribution in [3.05, 3.63) is 35.9 Å². The molecule has 6 heteroatoms. The molecule has 0 unspecified atom stereocenters. The molecule has 1 fully saturated rings. The van der Waals surface area contributed by atoms with Crippen molar-refractivity contribution in [2.24, 2.45) is 11.7 Å².